The molecule has 0 spiro atoms. The van der Waals surface area contributed by atoms with Gasteiger partial charge in [-0.05, 0) is 36.3 Å². The number of carbonyl (C=O) groups excluding carboxylic acids is 8. The summed E-state index contributed by atoms with van der Waals surface area (Å²) in [4.78, 5) is 143. The van der Waals surface area contributed by atoms with E-state index in [4.69, 9.17) is 0 Å². The third-order valence-electron chi connectivity index (χ3n) is 9.92. The second kappa shape index (κ2) is 25.7. The molecule has 22 heteroatoms. The number of amides is 8. The van der Waals surface area contributed by atoms with Crippen molar-refractivity contribution in [2.45, 2.75) is 114 Å². The van der Waals surface area contributed by atoms with E-state index in [0.29, 0.717) is 11.1 Å². The number of nitrogens with one attached hydrogen (secondary N) is 8. The molecule has 0 saturated carbocycles. The van der Waals surface area contributed by atoms with Crippen molar-refractivity contribution in [3.05, 3.63) is 71.8 Å². The first-order valence-electron chi connectivity index (χ1n) is 20.8. The van der Waals surface area contributed by atoms with Crippen molar-refractivity contribution in [2.75, 3.05) is 6.54 Å². The number of aliphatic carboxylic acids is 3. The summed E-state index contributed by atoms with van der Waals surface area (Å²) in [5.74, 6) is -12.5. The average Bonchev–Trinajstić information content (AvgIpc) is 3.23. The Morgan fingerprint density at radius 2 is 1.23 bits per heavy atom. The van der Waals surface area contributed by atoms with Gasteiger partial charge in [0, 0.05) is 32.7 Å². The van der Waals surface area contributed by atoms with Gasteiger partial charge in [0.25, 0.3) is 0 Å². The smallest absolute Gasteiger partial charge is 0.326 e. The van der Waals surface area contributed by atoms with E-state index in [2.05, 4.69) is 42.5 Å². The quantitative estimate of drug-likeness (QED) is 0.0792. The maximum Gasteiger partial charge on any atom is 0.326 e. The number of rotatable bonds is 18. The molecule has 8 amide bonds. The molecule has 1 heterocycles. The number of carboxylic acid groups (broad SMARTS) is 3. The van der Waals surface area contributed by atoms with Crippen molar-refractivity contribution in [1.82, 2.24) is 42.5 Å². The van der Waals surface area contributed by atoms with Crippen molar-refractivity contribution in [2.24, 2.45) is 5.92 Å². The van der Waals surface area contributed by atoms with Gasteiger partial charge in [-0.15, -0.1) is 0 Å². The van der Waals surface area contributed by atoms with Gasteiger partial charge < -0.3 is 57.9 Å². The lowest BCUT2D eigenvalue weighted by atomic mass is 10.0. The van der Waals surface area contributed by atoms with E-state index in [-0.39, 0.29) is 38.1 Å². The van der Waals surface area contributed by atoms with Crippen LogP contribution in [0.5, 0.6) is 0 Å². The molecule has 0 bridgehead atoms. The molecule has 3 unspecified atom stereocenters. The van der Waals surface area contributed by atoms with Crippen LogP contribution in [-0.2, 0) is 65.6 Å². The Kier molecular flexibility index (Phi) is 20.5. The number of hydrogen-bond acceptors (Lipinski definition) is 11. The van der Waals surface area contributed by atoms with E-state index >= 15 is 0 Å². The van der Waals surface area contributed by atoms with E-state index in [0.717, 1.165) is 0 Å². The third kappa shape index (κ3) is 18.5. The van der Waals surface area contributed by atoms with Crippen LogP contribution in [-0.4, -0.2) is 129 Å². The number of carbonyl (C=O) groups is 11. The number of carboxylic acids is 3. The second-order valence-electron chi connectivity index (χ2n) is 15.8. The van der Waals surface area contributed by atoms with Crippen LogP contribution >= 0.6 is 0 Å². The molecule has 1 aliphatic heterocycles. The normalized spacial score (nSPS) is 19.9. The first kappa shape index (κ1) is 52.0. The minimum Gasteiger partial charge on any atom is -0.481 e. The highest BCUT2D eigenvalue weighted by Crippen LogP contribution is 2.11. The van der Waals surface area contributed by atoms with Crippen molar-refractivity contribution in [3.8, 4) is 0 Å². The molecule has 1 fully saturated rings. The molecular formula is C43H56N8O14. The average molecular weight is 909 g/mol. The SMILES string of the molecule is CC(=O)N[C@@H](Cc1ccccc1)C(=O)N[C@H]1CCC(=O)NCCC(C(=O)N[C@@H](CC(=O)O)C(=O)N[C@@H](Cc2ccccc2)C(=O)O)NC(=O)C(CC(=O)O)NC(=O)C(CC(C)C)NC1=O. The molecule has 2 aromatic carbocycles. The van der Waals surface area contributed by atoms with Crippen molar-refractivity contribution in [3.63, 3.8) is 0 Å². The Bertz CT molecular complexity index is 2050. The molecular weight excluding hydrogens is 853 g/mol. The van der Waals surface area contributed by atoms with Gasteiger partial charge >= 0.3 is 17.9 Å². The fraction of sp³-hybridized carbons (Fsp3) is 0.465. The van der Waals surface area contributed by atoms with Crippen LogP contribution in [0.1, 0.15) is 70.4 Å². The fourth-order valence-electron chi connectivity index (χ4n) is 6.72. The lowest BCUT2D eigenvalue weighted by Gasteiger charge is -2.28. The number of hydrogen-bond donors (Lipinski definition) is 11. The first-order valence-corrected chi connectivity index (χ1v) is 20.8. The largest absolute Gasteiger partial charge is 0.481 e. The molecule has 65 heavy (non-hydrogen) atoms. The van der Waals surface area contributed by atoms with Crippen LogP contribution in [0.15, 0.2) is 60.7 Å². The van der Waals surface area contributed by atoms with Gasteiger partial charge in [0.15, 0.2) is 0 Å². The summed E-state index contributed by atoms with van der Waals surface area (Å²) in [7, 11) is 0. The Balaban J connectivity index is 1.94. The van der Waals surface area contributed by atoms with Crippen LogP contribution in [0, 0.1) is 5.92 Å². The Labute approximate surface area is 373 Å². The maximum absolute atomic E-state index is 13.9. The zero-order valence-corrected chi connectivity index (χ0v) is 36.1. The summed E-state index contributed by atoms with van der Waals surface area (Å²) in [6, 6.07) is 5.70. The molecule has 2 aromatic rings. The van der Waals surface area contributed by atoms with Gasteiger partial charge in [0.1, 0.15) is 42.3 Å². The zero-order chi connectivity index (χ0) is 48.2. The van der Waals surface area contributed by atoms with Crippen LogP contribution in [0.4, 0.5) is 0 Å². The lowest BCUT2D eigenvalue weighted by molar-refractivity contribution is -0.143. The van der Waals surface area contributed by atoms with E-state index in [1.165, 1.54) is 6.92 Å². The summed E-state index contributed by atoms with van der Waals surface area (Å²) in [5.41, 5.74) is 1.20. The summed E-state index contributed by atoms with van der Waals surface area (Å²) in [6.07, 6.45) is -3.52. The molecule has 3 rings (SSSR count). The van der Waals surface area contributed by atoms with Gasteiger partial charge in [-0.1, -0.05) is 74.5 Å². The maximum atomic E-state index is 13.9. The highest BCUT2D eigenvalue weighted by molar-refractivity contribution is 5.99. The van der Waals surface area contributed by atoms with Gasteiger partial charge in [-0.25, -0.2) is 4.79 Å². The summed E-state index contributed by atoms with van der Waals surface area (Å²) in [6.45, 7) is 4.22. The van der Waals surface area contributed by atoms with Crippen molar-refractivity contribution >= 4 is 65.2 Å². The zero-order valence-electron chi connectivity index (χ0n) is 36.1. The van der Waals surface area contributed by atoms with Crippen molar-refractivity contribution < 1.29 is 68.1 Å². The molecule has 0 aromatic heterocycles. The van der Waals surface area contributed by atoms with Gasteiger partial charge in [0.05, 0.1) is 12.8 Å². The van der Waals surface area contributed by atoms with Crippen LogP contribution < -0.4 is 42.5 Å². The fourth-order valence-corrected chi connectivity index (χ4v) is 6.72. The van der Waals surface area contributed by atoms with E-state index in [1.807, 2.05) is 0 Å². The van der Waals surface area contributed by atoms with Crippen LogP contribution in [0.2, 0.25) is 0 Å². The highest BCUT2D eigenvalue weighted by Gasteiger charge is 2.36. The Morgan fingerprint density at radius 1 is 0.662 bits per heavy atom. The number of benzene rings is 2. The third-order valence-corrected chi connectivity index (χ3v) is 9.92. The standard InChI is InChI=1S/C43H56N8O14/c1-23(2)18-29-39(60)50-31(21-35(54)55)41(62)47-28(38(59)49-32(22-36(56)57)42(63)51-33(43(64)65)20-26-12-8-5-9-13-26)16-17-44-34(53)15-14-27(37(58)48-29)46-40(61)30(45-24(3)52)19-25-10-6-4-7-11-25/h4-13,23,27-33H,14-22H2,1-3H3,(H,44,53)(H,45,52)(H,46,61)(H,47,62)(H,48,58)(H,49,59)(H,50,60)(H,51,63)(H,54,55)(H,56,57)(H,64,65)/t27-,28?,29?,30-,31?,32-,33-/m0/s1. The Morgan fingerprint density at radius 3 is 1.77 bits per heavy atom. The van der Waals surface area contributed by atoms with Crippen molar-refractivity contribution in [1.29, 1.82) is 0 Å². The highest BCUT2D eigenvalue weighted by atomic mass is 16.4. The second-order valence-corrected chi connectivity index (χ2v) is 15.8. The van der Waals surface area contributed by atoms with Crippen LogP contribution in [0.3, 0.4) is 0 Å². The van der Waals surface area contributed by atoms with Gasteiger partial charge in [-0.2, -0.15) is 0 Å². The molecule has 7 atom stereocenters. The van der Waals surface area contributed by atoms with Gasteiger partial charge in [-0.3, -0.25) is 47.9 Å². The predicted molar refractivity (Wildman–Crippen MR) is 228 cm³/mol. The van der Waals surface area contributed by atoms with Gasteiger partial charge in [0.2, 0.25) is 47.3 Å². The minimum absolute atomic E-state index is 0.0278. The molecule has 0 aliphatic carbocycles. The first-order chi connectivity index (χ1) is 30.7. The molecule has 0 radical (unpaired) electrons. The van der Waals surface area contributed by atoms with E-state index in [9.17, 15) is 68.1 Å². The molecule has 1 saturated heterocycles. The summed E-state index contributed by atoms with van der Waals surface area (Å²) >= 11 is 0. The summed E-state index contributed by atoms with van der Waals surface area (Å²) < 4.78 is 0. The molecule has 22 nitrogen and oxygen atoms in total. The van der Waals surface area contributed by atoms with Crippen LogP contribution in [0.25, 0.3) is 0 Å². The van der Waals surface area contributed by atoms with E-state index in [1.54, 1.807) is 74.5 Å². The molecule has 1 aliphatic rings. The predicted octanol–water partition coefficient (Wildman–Crippen LogP) is -1.73. The monoisotopic (exact) mass is 908 g/mol. The summed E-state index contributed by atoms with van der Waals surface area (Å²) in [5, 5.41) is 48.3. The van der Waals surface area contributed by atoms with E-state index < -0.39 is 133 Å². The lowest BCUT2D eigenvalue weighted by Crippen LogP contribution is -2.61. The molecule has 11 N–H and O–H groups in total. The Hall–Kier alpha value is -7.39. The minimum atomic E-state index is -1.90. The molecule has 352 valence electrons. The topological polar surface area (TPSA) is 345 Å².